The summed E-state index contributed by atoms with van der Waals surface area (Å²) in [6.07, 6.45) is 6.08. The fraction of sp³-hybridized carbons (Fsp3) is 0.300. The highest BCUT2D eigenvalue weighted by atomic mass is 32.1. The summed E-state index contributed by atoms with van der Waals surface area (Å²) in [5, 5.41) is 1.93. The third-order valence-electron chi connectivity index (χ3n) is 1.61. The van der Waals surface area contributed by atoms with E-state index in [2.05, 4.69) is 5.92 Å². The first kappa shape index (κ1) is 9.02. The van der Waals surface area contributed by atoms with Gasteiger partial charge in [0.15, 0.2) is 5.78 Å². The molecule has 12 heavy (non-hydrogen) atoms. The van der Waals surface area contributed by atoms with E-state index >= 15 is 0 Å². The summed E-state index contributed by atoms with van der Waals surface area (Å²) in [5.74, 6) is 2.63. The number of hydrogen-bond acceptors (Lipinski definition) is 2. The van der Waals surface area contributed by atoms with Gasteiger partial charge in [-0.2, -0.15) is 0 Å². The second kappa shape index (κ2) is 4.08. The standard InChI is InChI=1S/C10H10OS/c1-3-4-5-9(11)10-8(2)6-7-12-10/h1,6-7H,4-5H2,2H3. The van der Waals surface area contributed by atoms with Crippen LogP contribution in [0.3, 0.4) is 0 Å². The van der Waals surface area contributed by atoms with Gasteiger partial charge in [-0.05, 0) is 23.9 Å². The number of carbonyl (C=O) groups excluding carboxylic acids is 1. The molecule has 0 saturated carbocycles. The lowest BCUT2D eigenvalue weighted by Gasteiger charge is -1.94. The van der Waals surface area contributed by atoms with Crippen LogP contribution in [0.1, 0.15) is 28.1 Å². The first-order valence-corrected chi connectivity index (χ1v) is 4.64. The van der Waals surface area contributed by atoms with Crippen molar-refractivity contribution in [1.29, 1.82) is 0 Å². The first-order chi connectivity index (χ1) is 5.75. The molecular weight excluding hydrogens is 168 g/mol. The van der Waals surface area contributed by atoms with Crippen molar-refractivity contribution < 1.29 is 4.79 Å². The smallest absolute Gasteiger partial charge is 0.173 e. The molecule has 1 nitrogen and oxygen atoms in total. The monoisotopic (exact) mass is 178 g/mol. The number of rotatable bonds is 3. The molecule has 0 unspecified atom stereocenters. The van der Waals surface area contributed by atoms with Gasteiger partial charge in [0, 0.05) is 12.8 Å². The number of thiophene rings is 1. The number of terminal acetylenes is 1. The van der Waals surface area contributed by atoms with E-state index < -0.39 is 0 Å². The molecule has 0 radical (unpaired) electrons. The maximum atomic E-state index is 11.4. The Kier molecular flexibility index (Phi) is 3.07. The molecule has 0 saturated heterocycles. The Hall–Kier alpha value is -1.07. The van der Waals surface area contributed by atoms with Gasteiger partial charge < -0.3 is 0 Å². The van der Waals surface area contributed by atoms with Gasteiger partial charge >= 0.3 is 0 Å². The average Bonchev–Trinajstić information content (AvgIpc) is 2.47. The quantitative estimate of drug-likeness (QED) is 0.513. The Morgan fingerprint density at radius 3 is 3.00 bits per heavy atom. The SMILES string of the molecule is C#CCCC(=O)c1sccc1C. The van der Waals surface area contributed by atoms with Crippen LogP contribution in [0.2, 0.25) is 0 Å². The minimum atomic E-state index is 0.167. The highest BCUT2D eigenvalue weighted by Gasteiger charge is 2.08. The maximum Gasteiger partial charge on any atom is 0.173 e. The number of ketones is 1. The fourth-order valence-electron chi connectivity index (χ4n) is 0.958. The normalized spacial score (nSPS) is 9.33. The van der Waals surface area contributed by atoms with Crippen molar-refractivity contribution in [3.63, 3.8) is 0 Å². The van der Waals surface area contributed by atoms with E-state index in [9.17, 15) is 4.79 Å². The van der Waals surface area contributed by atoms with Crippen LogP contribution >= 0.6 is 11.3 Å². The second-order valence-electron chi connectivity index (χ2n) is 2.56. The highest BCUT2D eigenvalue weighted by molar-refractivity contribution is 7.12. The van der Waals surface area contributed by atoms with E-state index in [0.717, 1.165) is 10.4 Å². The van der Waals surface area contributed by atoms with E-state index in [4.69, 9.17) is 6.42 Å². The molecular formula is C10H10OS. The topological polar surface area (TPSA) is 17.1 Å². The highest BCUT2D eigenvalue weighted by Crippen LogP contribution is 2.17. The minimum Gasteiger partial charge on any atom is -0.293 e. The molecule has 1 rings (SSSR count). The second-order valence-corrected chi connectivity index (χ2v) is 3.48. The Morgan fingerprint density at radius 2 is 2.50 bits per heavy atom. The zero-order valence-electron chi connectivity index (χ0n) is 6.96. The summed E-state index contributed by atoms with van der Waals surface area (Å²) in [4.78, 5) is 12.3. The molecule has 0 aliphatic heterocycles. The largest absolute Gasteiger partial charge is 0.293 e. The van der Waals surface area contributed by atoms with E-state index in [-0.39, 0.29) is 5.78 Å². The van der Waals surface area contributed by atoms with E-state index in [0.29, 0.717) is 12.8 Å². The van der Waals surface area contributed by atoms with Crippen molar-refractivity contribution in [3.8, 4) is 12.3 Å². The van der Waals surface area contributed by atoms with Crippen LogP contribution in [0, 0.1) is 19.3 Å². The van der Waals surface area contributed by atoms with Gasteiger partial charge in [0.1, 0.15) is 0 Å². The molecule has 0 amide bonds. The lowest BCUT2D eigenvalue weighted by Crippen LogP contribution is -1.96. The number of aryl methyl sites for hydroxylation is 1. The Balaban J connectivity index is 2.67. The fourth-order valence-corrected chi connectivity index (χ4v) is 1.85. The number of hydrogen-bond donors (Lipinski definition) is 0. The first-order valence-electron chi connectivity index (χ1n) is 3.76. The molecule has 0 aliphatic rings. The molecule has 0 bridgehead atoms. The molecule has 0 N–H and O–H groups in total. The molecule has 0 fully saturated rings. The molecule has 0 atom stereocenters. The summed E-state index contributed by atoms with van der Waals surface area (Å²) in [6.45, 7) is 1.94. The molecule has 1 aromatic rings. The lowest BCUT2D eigenvalue weighted by atomic mass is 10.1. The van der Waals surface area contributed by atoms with Gasteiger partial charge in [-0.3, -0.25) is 4.79 Å². The molecule has 0 aliphatic carbocycles. The van der Waals surface area contributed by atoms with E-state index in [1.54, 1.807) is 0 Å². The van der Waals surface area contributed by atoms with Crippen molar-refractivity contribution in [2.24, 2.45) is 0 Å². The van der Waals surface area contributed by atoms with Gasteiger partial charge in [-0.1, -0.05) is 0 Å². The summed E-state index contributed by atoms with van der Waals surface area (Å²) in [5.41, 5.74) is 1.06. The summed E-state index contributed by atoms with van der Waals surface area (Å²) < 4.78 is 0. The van der Waals surface area contributed by atoms with Gasteiger partial charge in [-0.25, -0.2) is 0 Å². The summed E-state index contributed by atoms with van der Waals surface area (Å²) in [6, 6.07) is 1.95. The summed E-state index contributed by atoms with van der Waals surface area (Å²) in [7, 11) is 0. The molecule has 0 spiro atoms. The van der Waals surface area contributed by atoms with E-state index in [1.165, 1.54) is 11.3 Å². The molecule has 0 aromatic carbocycles. The Labute approximate surface area is 76.4 Å². The Morgan fingerprint density at radius 1 is 1.75 bits per heavy atom. The van der Waals surface area contributed by atoms with Gasteiger partial charge in [-0.15, -0.1) is 23.7 Å². The van der Waals surface area contributed by atoms with Crippen molar-refractivity contribution in [1.82, 2.24) is 0 Å². The molecule has 62 valence electrons. The van der Waals surface area contributed by atoms with Gasteiger partial charge in [0.2, 0.25) is 0 Å². The van der Waals surface area contributed by atoms with Gasteiger partial charge in [0.05, 0.1) is 4.88 Å². The third kappa shape index (κ3) is 1.96. The van der Waals surface area contributed by atoms with Crippen LogP contribution in [0.15, 0.2) is 11.4 Å². The summed E-state index contributed by atoms with van der Waals surface area (Å²) >= 11 is 1.49. The molecule has 2 heteroatoms. The van der Waals surface area contributed by atoms with Crippen molar-refractivity contribution in [3.05, 3.63) is 21.9 Å². The van der Waals surface area contributed by atoms with Crippen LogP contribution in [-0.4, -0.2) is 5.78 Å². The molecule has 1 heterocycles. The minimum absolute atomic E-state index is 0.167. The zero-order valence-corrected chi connectivity index (χ0v) is 7.78. The van der Waals surface area contributed by atoms with E-state index in [1.807, 2.05) is 18.4 Å². The Bertz CT molecular complexity index is 317. The van der Waals surface area contributed by atoms with Crippen LogP contribution < -0.4 is 0 Å². The number of Topliss-reactive ketones (excluding diaryl/α,β-unsaturated/α-hetero) is 1. The van der Waals surface area contributed by atoms with Gasteiger partial charge in [0.25, 0.3) is 0 Å². The van der Waals surface area contributed by atoms with Crippen LogP contribution in [0.5, 0.6) is 0 Å². The lowest BCUT2D eigenvalue weighted by molar-refractivity contribution is 0.0987. The van der Waals surface area contributed by atoms with Crippen molar-refractivity contribution >= 4 is 17.1 Å². The predicted molar refractivity (Wildman–Crippen MR) is 51.5 cm³/mol. The average molecular weight is 178 g/mol. The van der Waals surface area contributed by atoms with Crippen LogP contribution in [-0.2, 0) is 0 Å². The predicted octanol–water partition coefficient (Wildman–Crippen LogP) is 2.65. The van der Waals surface area contributed by atoms with Crippen LogP contribution in [0.25, 0.3) is 0 Å². The maximum absolute atomic E-state index is 11.4. The third-order valence-corrected chi connectivity index (χ3v) is 2.67. The van der Waals surface area contributed by atoms with Crippen molar-refractivity contribution in [2.45, 2.75) is 19.8 Å². The number of carbonyl (C=O) groups is 1. The van der Waals surface area contributed by atoms with Crippen LogP contribution in [0.4, 0.5) is 0 Å². The zero-order chi connectivity index (χ0) is 8.97. The molecule has 1 aromatic heterocycles. The van der Waals surface area contributed by atoms with Crippen molar-refractivity contribution in [2.75, 3.05) is 0 Å².